The summed E-state index contributed by atoms with van der Waals surface area (Å²) in [6, 6.07) is 2.11. The van der Waals surface area contributed by atoms with E-state index in [0.717, 1.165) is 17.2 Å². The molecule has 0 atom stereocenters. The molecule has 0 saturated carbocycles. The number of nitrogens with zero attached hydrogens (tertiary/aromatic N) is 4. The third-order valence-electron chi connectivity index (χ3n) is 1.97. The molecule has 4 heteroatoms. The summed E-state index contributed by atoms with van der Waals surface area (Å²) in [5, 5.41) is 8.47. The van der Waals surface area contributed by atoms with E-state index in [9.17, 15) is 0 Å². The van der Waals surface area contributed by atoms with Crippen LogP contribution in [-0.2, 0) is 0 Å². The van der Waals surface area contributed by atoms with Crippen molar-refractivity contribution in [1.29, 1.82) is 5.26 Å². The fourth-order valence-electron chi connectivity index (χ4n) is 1.21. The van der Waals surface area contributed by atoms with Gasteiger partial charge in [-0.3, -0.25) is 4.98 Å². The highest BCUT2D eigenvalue weighted by Gasteiger charge is 2.06. The number of aromatic nitrogens is 2. The van der Waals surface area contributed by atoms with Crippen molar-refractivity contribution >= 4 is 5.82 Å². The molecule has 0 N–H and O–H groups in total. The lowest BCUT2D eigenvalue weighted by molar-refractivity contribution is 0.861. The first kappa shape index (κ1) is 10.5. The van der Waals surface area contributed by atoms with Gasteiger partial charge in [0.05, 0.1) is 23.9 Å². The molecule has 0 radical (unpaired) electrons. The first-order valence-corrected chi connectivity index (χ1v) is 4.53. The minimum Gasteiger partial charge on any atom is -0.357 e. The molecule has 0 spiro atoms. The van der Waals surface area contributed by atoms with Crippen LogP contribution in [0.1, 0.15) is 17.8 Å². The van der Waals surface area contributed by atoms with Gasteiger partial charge in [-0.25, -0.2) is 4.98 Å². The topological polar surface area (TPSA) is 52.8 Å². The molecule has 0 aliphatic carbocycles. The van der Waals surface area contributed by atoms with Crippen LogP contribution in [0.5, 0.6) is 0 Å². The van der Waals surface area contributed by atoms with Crippen molar-refractivity contribution < 1.29 is 0 Å². The van der Waals surface area contributed by atoms with E-state index >= 15 is 0 Å². The van der Waals surface area contributed by atoms with Gasteiger partial charge in [0.25, 0.3) is 0 Å². The zero-order chi connectivity index (χ0) is 10.6. The Balaban J connectivity index is 2.83. The number of hydrogen-bond acceptors (Lipinski definition) is 4. The van der Waals surface area contributed by atoms with Crippen LogP contribution < -0.4 is 4.90 Å². The summed E-state index contributed by atoms with van der Waals surface area (Å²) in [4.78, 5) is 10.6. The van der Waals surface area contributed by atoms with Crippen LogP contribution in [0.3, 0.4) is 0 Å². The van der Waals surface area contributed by atoms with Gasteiger partial charge in [0.15, 0.2) is 0 Å². The predicted molar refractivity (Wildman–Crippen MR) is 55.0 cm³/mol. The molecule has 0 aromatic carbocycles. The predicted octanol–water partition coefficient (Wildman–Crippen LogP) is 1.44. The van der Waals surface area contributed by atoms with E-state index in [2.05, 4.69) is 16.0 Å². The third kappa shape index (κ3) is 2.43. The molecular formula is C10H14N4. The Morgan fingerprint density at radius 2 is 2.21 bits per heavy atom. The average molecular weight is 190 g/mol. The average Bonchev–Trinajstić information content (AvgIpc) is 2.18. The molecule has 0 unspecified atom stereocenters. The van der Waals surface area contributed by atoms with Crippen molar-refractivity contribution in [2.24, 2.45) is 0 Å². The Hall–Kier alpha value is -1.63. The van der Waals surface area contributed by atoms with Gasteiger partial charge in [0.1, 0.15) is 5.82 Å². The van der Waals surface area contributed by atoms with Crippen molar-refractivity contribution in [2.45, 2.75) is 20.3 Å². The Labute approximate surface area is 84.2 Å². The van der Waals surface area contributed by atoms with Crippen LogP contribution in [0.4, 0.5) is 5.82 Å². The molecule has 1 aromatic heterocycles. The fourth-order valence-corrected chi connectivity index (χ4v) is 1.21. The Bertz CT molecular complexity index is 354. The minimum absolute atomic E-state index is 0.506. The number of rotatable bonds is 3. The first-order valence-electron chi connectivity index (χ1n) is 4.53. The molecule has 0 aliphatic heterocycles. The second kappa shape index (κ2) is 4.56. The standard InChI is InChI=1S/C10H14N4/c1-8-7-12-9(2)10(13-8)14(3)6-4-5-11/h7H,4,6H2,1-3H3. The van der Waals surface area contributed by atoms with E-state index in [1.54, 1.807) is 6.20 Å². The molecule has 74 valence electrons. The van der Waals surface area contributed by atoms with Crippen molar-refractivity contribution in [3.8, 4) is 6.07 Å². The van der Waals surface area contributed by atoms with Crippen LogP contribution in [-0.4, -0.2) is 23.6 Å². The zero-order valence-corrected chi connectivity index (χ0v) is 8.78. The van der Waals surface area contributed by atoms with Gasteiger partial charge in [-0.1, -0.05) is 0 Å². The number of anilines is 1. The fraction of sp³-hybridized carbons (Fsp3) is 0.500. The van der Waals surface area contributed by atoms with Crippen molar-refractivity contribution in [1.82, 2.24) is 9.97 Å². The lowest BCUT2D eigenvalue weighted by Crippen LogP contribution is -2.21. The zero-order valence-electron chi connectivity index (χ0n) is 8.78. The highest BCUT2D eigenvalue weighted by Crippen LogP contribution is 2.13. The molecule has 0 saturated heterocycles. The summed E-state index contributed by atoms with van der Waals surface area (Å²) in [6.45, 7) is 4.52. The Kier molecular flexibility index (Phi) is 3.41. The molecule has 0 bridgehead atoms. The van der Waals surface area contributed by atoms with E-state index < -0.39 is 0 Å². The number of nitriles is 1. The number of aryl methyl sites for hydroxylation is 2. The molecule has 1 rings (SSSR count). The van der Waals surface area contributed by atoms with Gasteiger partial charge in [0, 0.05) is 19.8 Å². The summed E-state index contributed by atoms with van der Waals surface area (Å²) in [7, 11) is 1.92. The second-order valence-corrected chi connectivity index (χ2v) is 3.25. The van der Waals surface area contributed by atoms with Crippen LogP contribution in [0.15, 0.2) is 6.20 Å². The van der Waals surface area contributed by atoms with Crippen LogP contribution in [0.2, 0.25) is 0 Å². The minimum atomic E-state index is 0.506. The molecule has 4 nitrogen and oxygen atoms in total. The summed E-state index contributed by atoms with van der Waals surface area (Å²) in [5.74, 6) is 0.861. The summed E-state index contributed by atoms with van der Waals surface area (Å²) >= 11 is 0. The first-order chi connectivity index (χ1) is 6.65. The molecule has 1 heterocycles. The molecule has 0 fully saturated rings. The quantitative estimate of drug-likeness (QED) is 0.723. The van der Waals surface area contributed by atoms with E-state index in [1.165, 1.54) is 0 Å². The van der Waals surface area contributed by atoms with Gasteiger partial charge in [0.2, 0.25) is 0 Å². The van der Waals surface area contributed by atoms with Crippen LogP contribution >= 0.6 is 0 Å². The molecule has 0 aliphatic rings. The van der Waals surface area contributed by atoms with E-state index in [0.29, 0.717) is 13.0 Å². The largest absolute Gasteiger partial charge is 0.357 e. The Morgan fingerprint density at radius 3 is 2.86 bits per heavy atom. The number of hydrogen-bond donors (Lipinski definition) is 0. The van der Waals surface area contributed by atoms with Gasteiger partial charge in [-0.2, -0.15) is 5.26 Å². The van der Waals surface area contributed by atoms with E-state index in [-0.39, 0.29) is 0 Å². The van der Waals surface area contributed by atoms with Gasteiger partial charge < -0.3 is 4.90 Å². The molecule has 0 amide bonds. The normalized spacial score (nSPS) is 9.57. The monoisotopic (exact) mass is 190 g/mol. The van der Waals surface area contributed by atoms with Gasteiger partial charge in [-0.15, -0.1) is 0 Å². The van der Waals surface area contributed by atoms with Crippen LogP contribution in [0, 0.1) is 25.2 Å². The van der Waals surface area contributed by atoms with Crippen molar-refractivity contribution in [3.05, 3.63) is 17.6 Å². The third-order valence-corrected chi connectivity index (χ3v) is 1.97. The van der Waals surface area contributed by atoms with Gasteiger partial charge >= 0.3 is 0 Å². The summed E-state index contributed by atoms with van der Waals surface area (Å²) < 4.78 is 0. The van der Waals surface area contributed by atoms with Crippen LogP contribution in [0.25, 0.3) is 0 Å². The van der Waals surface area contributed by atoms with E-state index in [4.69, 9.17) is 5.26 Å². The smallest absolute Gasteiger partial charge is 0.150 e. The highest BCUT2D eigenvalue weighted by molar-refractivity contribution is 5.42. The maximum atomic E-state index is 8.47. The summed E-state index contributed by atoms with van der Waals surface area (Å²) in [5.41, 5.74) is 1.80. The summed E-state index contributed by atoms with van der Waals surface area (Å²) in [6.07, 6.45) is 2.25. The lowest BCUT2D eigenvalue weighted by Gasteiger charge is -2.18. The second-order valence-electron chi connectivity index (χ2n) is 3.25. The van der Waals surface area contributed by atoms with E-state index in [1.807, 2.05) is 25.8 Å². The SMILES string of the molecule is Cc1cnc(C)c(N(C)CCC#N)n1. The van der Waals surface area contributed by atoms with Gasteiger partial charge in [-0.05, 0) is 13.8 Å². The van der Waals surface area contributed by atoms with Crippen molar-refractivity contribution in [2.75, 3.05) is 18.5 Å². The highest BCUT2D eigenvalue weighted by atomic mass is 15.2. The lowest BCUT2D eigenvalue weighted by atomic mass is 10.3. The maximum Gasteiger partial charge on any atom is 0.150 e. The molecule has 1 aromatic rings. The van der Waals surface area contributed by atoms with Crippen molar-refractivity contribution in [3.63, 3.8) is 0 Å². The Morgan fingerprint density at radius 1 is 1.50 bits per heavy atom. The maximum absolute atomic E-state index is 8.47. The molecular weight excluding hydrogens is 176 g/mol. The molecule has 14 heavy (non-hydrogen) atoms.